The number of aliphatic carboxylic acids is 1. The minimum Gasteiger partial charge on any atom is -0.480 e. The Hall–Kier alpha value is -0.220. The fourth-order valence-electron chi connectivity index (χ4n) is 1.14. The Balaban J connectivity index is 3.73. The Morgan fingerprint density at radius 3 is 2.62 bits per heavy atom. The molecular formula is C9H19NO2S. The number of carbonyl (C=O) groups is 1. The Labute approximate surface area is 85.3 Å². The van der Waals surface area contributed by atoms with E-state index < -0.39 is 12.0 Å². The third-order valence-electron chi connectivity index (χ3n) is 1.96. The summed E-state index contributed by atoms with van der Waals surface area (Å²) >= 11 is 3.98. The van der Waals surface area contributed by atoms with E-state index >= 15 is 0 Å². The maximum Gasteiger partial charge on any atom is 0.321 e. The van der Waals surface area contributed by atoms with E-state index in [1.54, 1.807) is 0 Å². The molecule has 0 aromatic rings. The van der Waals surface area contributed by atoms with Gasteiger partial charge in [-0.05, 0) is 13.3 Å². The van der Waals surface area contributed by atoms with Gasteiger partial charge in [-0.15, -0.1) is 0 Å². The molecule has 0 amide bonds. The monoisotopic (exact) mass is 205 g/mol. The van der Waals surface area contributed by atoms with Gasteiger partial charge in [0.05, 0.1) is 0 Å². The van der Waals surface area contributed by atoms with Crippen LogP contribution in [0.15, 0.2) is 0 Å². The molecule has 0 aromatic heterocycles. The van der Waals surface area contributed by atoms with Crippen molar-refractivity contribution in [2.45, 2.75) is 45.2 Å². The highest BCUT2D eigenvalue weighted by Gasteiger charge is 2.16. The van der Waals surface area contributed by atoms with Crippen LogP contribution in [-0.2, 0) is 4.79 Å². The first kappa shape index (κ1) is 12.8. The highest BCUT2D eigenvalue weighted by Crippen LogP contribution is 2.01. The number of nitrogens with one attached hydrogen (secondary N) is 1. The van der Waals surface area contributed by atoms with Crippen molar-refractivity contribution in [1.29, 1.82) is 0 Å². The van der Waals surface area contributed by atoms with Crippen molar-refractivity contribution in [3.63, 3.8) is 0 Å². The quantitative estimate of drug-likeness (QED) is 0.553. The lowest BCUT2D eigenvalue weighted by Crippen LogP contribution is -2.43. The third-order valence-corrected chi connectivity index (χ3v) is 2.32. The van der Waals surface area contributed by atoms with Gasteiger partial charge in [-0.2, -0.15) is 12.6 Å². The molecule has 4 heteroatoms. The molecule has 13 heavy (non-hydrogen) atoms. The fraction of sp³-hybridized carbons (Fsp3) is 0.889. The SMILES string of the molecule is CCCCC(C)N[C@@H](CS)C(=O)O. The predicted octanol–water partition coefficient (Wildman–Crippen LogP) is 1.54. The van der Waals surface area contributed by atoms with E-state index in [0.717, 1.165) is 19.3 Å². The van der Waals surface area contributed by atoms with Gasteiger partial charge in [0.25, 0.3) is 0 Å². The predicted molar refractivity (Wildman–Crippen MR) is 57.4 cm³/mol. The average molecular weight is 205 g/mol. The van der Waals surface area contributed by atoms with E-state index in [1.165, 1.54) is 0 Å². The molecule has 0 bridgehead atoms. The van der Waals surface area contributed by atoms with E-state index in [-0.39, 0.29) is 6.04 Å². The number of hydrogen-bond donors (Lipinski definition) is 3. The molecule has 0 rings (SSSR count). The minimum atomic E-state index is -0.821. The molecule has 0 aliphatic carbocycles. The number of thiol groups is 1. The van der Waals surface area contributed by atoms with Gasteiger partial charge in [0.1, 0.15) is 6.04 Å². The largest absolute Gasteiger partial charge is 0.480 e. The maximum absolute atomic E-state index is 10.6. The van der Waals surface area contributed by atoms with Gasteiger partial charge in [0.2, 0.25) is 0 Å². The van der Waals surface area contributed by atoms with Crippen LogP contribution in [0, 0.1) is 0 Å². The van der Waals surface area contributed by atoms with Gasteiger partial charge in [-0.3, -0.25) is 4.79 Å². The fourth-order valence-corrected chi connectivity index (χ4v) is 1.40. The molecule has 2 N–H and O–H groups in total. The zero-order valence-electron chi connectivity index (χ0n) is 8.29. The standard InChI is InChI=1S/C9H19NO2S/c1-3-4-5-7(2)10-8(6-13)9(11)12/h7-8,10,13H,3-6H2,1-2H3,(H,11,12)/t7?,8-/m0/s1. The molecular weight excluding hydrogens is 186 g/mol. The van der Waals surface area contributed by atoms with E-state index in [1.807, 2.05) is 6.92 Å². The van der Waals surface area contributed by atoms with Gasteiger partial charge >= 0.3 is 5.97 Å². The van der Waals surface area contributed by atoms with Crippen molar-refractivity contribution in [2.24, 2.45) is 0 Å². The second-order valence-electron chi connectivity index (χ2n) is 3.28. The molecule has 78 valence electrons. The lowest BCUT2D eigenvalue weighted by molar-refractivity contribution is -0.139. The lowest BCUT2D eigenvalue weighted by Gasteiger charge is -2.18. The summed E-state index contributed by atoms with van der Waals surface area (Å²) in [5.41, 5.74) is 0. The molecule has 0 aromatic carbocycles. The smallest absolute Gasteiger partial charge is 0.321 e. The van der Waals surface area contributed by atoms with Crippen LogP contribution in [0.3, 0.4) is 0 Å². The molecule has 0 heterocycles. The van der Waals surface area contributed by atoms with E-state index in [0.29, 0.717) is 5.75 Å². The maximum atomic E-state index is 10.6. The van der Waals surface area contributed by atoms with Gasteiger partial charge < -0.3 is 10.4 Å². The summed E-state index contributed by atoms with van der Waals surface area (Å²) in [7, 11) is 0. The van der Waals surface area contributed by atoms with Crippen LogP contribution >= 0.6 is 12.6 Å². The molecule has 0 saturated heterocycles. The molecule has 0 spiro atoms. The van der Waals surface area contributed by atoms with Gasteiger partial charge in [0, 0.05) is 11.8 Å². The summed E-state index contributed by atoms with van der Waals surface area (Å²) < 4.78 is 0. The Bertz CT molecular complexity index is 153. The molecule has 1 unspecified atom stereocenters. The van der Waals surface area contributed by atoms with Crippen LogP contribution in [-0.4, -0.2) is 28.9 Å². The zero-order valence-corrected chi connectivity index (χ0v) is 9.18. The number of rotatable bonds is 7. The highest BCUT2D eigenvalue weighted by molar-refractivity contribution is 7.80. The third kappa shape index (κ3) is 5.93. The summed E-state index contributed by atoms with van der Waals surface area (Å²) in [5, 5.41) is 11.8. The Morgan fingerprint density at radius 1 is 1.62 bits per heavy atom. The minimum absolute atomic E-state index is 0.258. The van der Waals surface area contributed by atoms with Crippen molar-refractivity contribution in [3.8, 4) is 0 Å². The van der Waals surface area contributed by atoms with Crippen LogP contribution in [0.1, 0.15) is 33.1 Å². The summed E-state index contributed by atoms with van der Waals surface area (Å²) in [5.74, 6) is -0.482. The molecule has 2 atom stereocenters. The number of unbranched alkanes of at least 4 members (excludes halogenated alkanes) is 1. The molecule has 0 aliphatic rings. The summed E-state index contributed by atoms with van der Waals surface area (Å²) in [4.78, 5) is 10.6. The van der Waals surface area contributed by atoms with Crippen LogP contribution in [0.2, 0.25) is 0 Å². The Morgan fingerprint density at radius 2 is 2.23 bits per heavy atom. The Kier molecular flexibility index (Phi) is 7.09. The molecule has 0 saturated carbocycles. The number of carboxylic acids is 1. The first-order chi connectivity index (χ1) is 6.11. The van der Waals surface area contributed by atoms with Gasteiger partial charge in [-0.1, -0.05) is 19.8 Å². The second-order valence-corrected chi connectivity index (χ2v) is 3.65. The molecule has 3 nitrogen and oxygen atoms in total. The van der Waals surface area contributed by atoms with Crippen LogP contribution in [0.4, 0.5) is 0 Å². The zero-order chi connectivity index (χ0) is 10.3. The number of hydrogen-bond acceptors (Lipinski definition) is 3. The normalized spacial score (nSPS) is 15.3. The van der Waals surface area contributed by atoms with Crippen molar-refractivity contribution < 1.29 is 9.90 Å². The topological polar surface area (TPSA) is 49.3 Å². The van der Waals surface area contributed by atoms with Crippen LogP contribution in [0.5, 0.6) is 0 Å². The second kappa shape index (κ2) is 7.21. The van der Waals surface area contributed by atoms with E-state index in [4.69, 9.17) is 5.11 Å². The van der Waals surface area contributed by atoms with Crippen molar-refractivity contribution >= 4 is 18.6 Å². The first-order valence-electron chi connectivity index (χ1n) is 4.71. The first-order valence-corrected chi connectivity index (χ1v) is 5.34. The van der Waals surface area contributed by atoms with Gasteiger partial charge in [-0.25, -0.2) is 0 Å². The van der Waals surface area contributed by atoms with Gasteiger partial charge in [0.15, 0.2) is 0 Å². The van der Waals surface area contributed by atoms with E-state index in [9.17, 15) is 4.79 Å². The number of carboxylic acid groups (broad SMARTS) is 1. The van der Waals surface area contributed by atoms with Crippen LogP contribution in [0.25, 0.3) is 0 Å². The van der Waals surface area contributed by atoms with E-state index in [2.05, 4.69) is 24.9 Å². The molecule has 0 aliphatic heterocycles. The summed E-state index contributed by atoms with van der Waals surface area (Å²) in [6, 6.07) is -0.261. The average Bonchev–Trinajstić information content (AvgIpc) is 2.10. The summed E-state index contributed by atoms with van der Waals surface area (Å²) in [6.45, 7) is 4.13. The summed E-state index contributed by atoms with van der Waals surface area (Å²) in [6.07, 6.45) is 3.30. The molecule has 0 radical (unpaired) electrons. The molecule has 0 fully saturated rings. The van der Waals surface area contributed by atoms with Crippen molar-refractivity contribution in [1.82, 2.24) is 5.32 Å². The van der Waals surface area contributed by atoms with Crippen molar-refractivity contribution in [2.75, 3.05) is 5.75 Å². The van der Waals surface area contributed by atoms with Crippen molar-refractivity contribution in [3.05, 3.63) is 0 Å². The lowest BCUT2D eigenvalue weighted by atomic mass is 10.1. The highest BCUT2D eigenvalue weighted by atomic mass is 32.1. The van der Waals surface area contributed by atoms with Crippen LogP contribution < -0.4 is 5.32 Å².